The minimum Gasteiger partial charge on any atom is -0.504 e. The molecule has 0 saturated carbocycles. The number of halogens is 2. The molecule has 0 bridgehead atoms. The lowest BCUT2D eigenvalue weighted by atomic mass is 10.0. The summed E-state index contributed by atoms with van der Waals surface area (Å²) in [5, 5.41) is 12.7. The van der Waals surface area contributed by atoms with Gasteiger partial charge in [-0.2, -0.15) is 0 Å². The Bertz CT molecular complexity index is 439. The predicted molar refractivity (Wildman–Crippen MR) is 76.6 cm³/mol. The SMILES string of the molecule is CCC(CCl)(CCl)NC(=O)c1cccc(OC)c1O. The van der Waals surface area contributed by atoms with Crippen LogP contribution in [0.5, 0.6) is 11.5 Å². The van der Waals surface area contributed by atoms with Gasteiger partial charge in [0.15, 0.2) is 11.5 Å². The molecule has 0 atom stereocenters. The van der Waals surface area contributed by atoms with Crippen molar-refractivity contribution in [2.24, 2.45) is 0 Å². The number of hydrogen-bond acceptors (Lipinski definition) is 3. The van der Waals surface area contributed by atoms with E-state index >= 15 is 0 Å². The maximum atomic E-state index is 12.2. The predicted octanol–water partition coefficient (Wildman–Crippen LogP) is 2.76. The molecule has 0 heterocycles. The van der Waals surface area contributed by atoms with E-state index in [1.165, 1.54) is 13.2 Å². The average Bonchev–Trinajstić information content (AvgIpc) is 2.45. The third-order valence-electron chi connectivity index (χ3n) is 3.03. The molecule has 1 amide bonds. The number of para-hydroxylation sites is 1. The molecule has 2 N–H and O–H groups in total. The number of nitrogens with one attached hydrogen (secondary N) is 1. The zero-order valence-corrected chi connectivity index (χ0v) is 12.4. The van der Waals surface area contributed by atoms with E-state index in [2.05, 4.69) is 5.32 Å². The summed E-state index contributed by atoms with van der Waals surface area (Å²) in [6.07, 6.45) is 0.594. The van der Waals surface area contributed by atoms with Crippen LogP contribution in [0.25, 0.3) is 0 Å². The molecule has 0 unspecified atom stereocenters. The van der Waals surface area contributed by atoms with E-state index in [0.29, 0.717) is 6.42 Å². The number of methoxy groups -OCH3 is 1. The first-order valence-corrected chi connectivity index (χ1v) is 6.91. The number of hydrogen-bond donors (Lipinski definition) is 2. The zero-order chi connectivity index (χ0) is 14.5. The second kappa shape index (κ2) is 6.87. The van der Waals surface area contributed by atoms with Gasteiger partial charge in [0.25, 0.3) is 5.91 Å². The standard InChI is InChI=1S/C13H17Cl2NO3/c1-3-13(7-14,8-15)16-12(18)9-5-4-6-10(19-2)11(9)17/h4-6,17H,3,7-8H2,1-2H3,(H,16,18). The Balaban J connectivity index is 3.01. The van der Waals surface area contributed by atoms with E-state index in [9.17, 15) is 9.90 Å². The summed E-state index contributed by atoms with van der Waals surface area (Å²) in [5.41, 5.74) is -0.553. The van der Waals surface area contributed by atoms with Crippen molar-refractivity contribution in [2.75, 3.05) is 18.9 Å². The first kappa shape index (κ1) is 15.9. The Morgan fingerprint density at radius 3 is 2.53 bits per heavy atom. The molecular weight excluding hydrogens is 289 g/mol. The number of phenolic OH excluding ortho intramolecular Hbond substituents is 1. The molecule has 0 aliphatic carbocycles. The molecule has 1 rings (SSSR count). The highest BCUT2D eigenvalue weighted by Gasteiger charge is 2.29. The van der Waals surface area contributed by atoms with Crippen LogP contribution in [0.2, 0.25) is 0 Å². The fourth-order valence-corrected chi connectivity index (χ4v) is 2.36. The van der Waals surface area contributed by atoms with Crippen LogP contribution >= 0.6 is 23.2 Å². The molecule has 0 radical (unpaired) electrons. The number of phenols is 1. The number of rotatable bonds is 6. The topological polar surface area (TPSA) is 58.6 Å². The molecule has 6 heteroatoms. The highest BCUT2D eigenvalue weighted by Crippen LogP contribution is 2.29. The van der Waals surface area contributed by atoms with Gasteiger partial charge in [-0.15, -0.1) is 23.2 Å². The lowest BCUT2D eigenvalue weighted by Crippen LogP contribution is -2.51. The molecule has 1 aromatic rings. The van der Waals surface area contributed by atoms with Gasteiger partial charge in [-0.25, -0.2) is 0 Å². The Morgan fingerprint density at radius 1 is 1.42 bits per heavy atom. The summed E-state index contributed by atoms with van der Waals surface area (Å²) in [6, 6.07) is 4.71. The molecule has 1 aromatic carbocycles. The minimum atomic E-state index is -0.685. The van der Waals surface area contributed by atoms with Crippen LogP contribution < -0.4 is 10.1 Å². The van der Waals surface area contributed by atoms with E-state index in [1.54, 1.807) is 12.1 Å². The molecule has 0 aliphatic heterocycles. The summed E-state index contributed by atoms with van der Waals surface area (Å²) < 4.78 is 4.96. The second-order valence-electron chi connectivity index (χ2n) is 4.21. The second-order valence-corrected chi connectivity index (χ2v) is 4.75. The van der Waals surface area contributed by atoms with Crippen LogP contribution in [0.1, 0.15) is 23.7 Å². The minimum absolute atomic E-state index is 0.132. The largest absolute Gasteiger partial charge is 0.504 e. The van der Waals surface area contributed by atoms with Gasteiger partial charge in [-0.05, 0) is 18.6 Å². The Morgan fingerprint density at radius 2 is 2.05 bits per heavy atom. The van der Waals surface area contributed by atoms with Gasteiger partial charge < -0.3 is 15.2 Å². The van der Waals surface area contributed by atoms with Crippen molar-refractivity contribution in [2.45, 2.75) is 18.9 Å². The third kappa shape index (κ3) is 3.45. The van der Waals surface area contributed by atoms with Crippen molar-refractivity contribution in [3.8, 4) is 11.5 Å². The third-order valence-corrected chi connectivity index (χ3v) is 4.05. The molecule has 0 spiro atoms. The molecular formula is C13H17Cl2NO3. The van der Waals surface area contributed by atoms with Gasteiger partial charge in [-0.3, -0.25) is 4.79 Å². The number of benzene rings is 1. The van der Waals surface area contributed by atoms with Crippen LogP contribution in [0.15, 0.2) is 18.2 Å². The van der Waals surface area contributed by atoms with Gasteiger partial charge in [0.2, 0.25) is 0 Å². The highest BCUT2D eigenvalue weighted by atomic mass is 35.5. The van der Waals surface area contributed by atoms with Crippen LogP contribution in [0.4, 0.5) is 0 Å². The normalized spacial score (nSPS) is 11.2. The van der Waals surface area contributed by atoms with Crippen LogP contribution in [-0.2, 0) is 0 Å². The molecule has 0 saturated heterocycles. The van der Waals surface area contributed by atoms with Crippen molar-refractivity contribution in [3.05, 3.63) is 23.8 Å². The van der Waals surface area contributed by atoms with Crippen molar-refractivity contribution in [1.82, 2.24) is 5.32 Å². The van der Waals surface area contributed by atoms with E-state index in [0.717, 1.165) is 0 Å². The Labute approximate surface area is 122 Å². The average molecular weight is 306 g/mol. The molecule has 0 aromatic heterocycles. The van der Waals surface area contributed by atoms with Crippen LogP contribution in [0, 0.1) is 0 Å². The van der Waals surface area contributed by atoms with E-state index < -0.39 is 11.4 Å². The van der Waals surface area contributed by atoms with Crippen molar-refractivity contribution in [3.63, 3.8) is 0 Å². The van der Waals surface area contributed by atoms with Gasteiger partial charge in [0.1, 0.15) is 0 Å². The molecule has 0 fully saturated rings. The van der Waals surface area contributed by atoms with Gasteiger partial charge in [0.05, 0.1) is 18.2 Å². The van der Waals surface area contributed by atoms with Crippen LogP contribution in [-0.4, -0.2) is 35.4 Å². The maximum Gasteiger partial charge on any atom is 0.255 e. The number of aromatic hydroxyl groups is 1. The monoisotopic (exact) mass is 305 g/mol. The Kier molecular flexibility index (Phi) is 5.76. The molecule has 4 nitrogen and oxygen atoms in total. The first-order valence-electron chi connectivity index (χ1n) is 5.84. The summed E-state index contributed by atoms with van der Waals surface area (Å²) in [7, 11) is 1.42. The summed E-state index contributed by atoms with van der Waals surface area (Å²) in [6.45, 7) is 1.89. The summed E-state index contributed by atoms with van der Waals surface area (Å²) >= 11 is 11.7. The number of carbonyl (C=O) groups is 1. The number of alkyl halides is 2. The number of carbonyl (C=O) groups excluding carboxylic acids is 1. The fraction of sp³-hybridized carbons (Fsp3) is 0.462. The van der Waals surface area contributed by atoms with Gasteiger partial charge in [0, 0.05) is 11.8 Å². The lowest BCUT2D eigenvalue weighted by molar-refractivity contribution is 0.0910. The van der Waals surface area contributed by atoms with Crippen molar-refractivity contribution >= 4 is 29.1 Å². The lowest BCUT2D eigenvalue weighted by Gasteiger charge is -2.29. The van der Waals surface area contributed by atoms with Crippen molar-refractivity contribution < 1.29 is 14.6 Å². The van der Waals surface area contributed by atoms with E-state index in [1.807, 2.05) is 6.92 Å². The number of amides is 1. The fourth-order valence-electron chi connectivity index (χ4n) is 1.56. The smallest absolute Gasteiger partial charge is 0.255 e. The zero-order valence-electron chi connectivity index (χ0n) is 10.9. The molecule has 19 heavy (non-hydrogen) atoms. The molecule has 0 aliphatic rings. The van der Waals surface area contributed by atoms with Crippen molar-refractivity contribution in [1.29, 1.82) is 0 Å². The van der Waals surface area contributed by atoms with Crippen LogP contribution in [0.3, 0.4) is 0 Å². The summed E-state index contributed by atoms with van der Waals surface area (Å²) in [5.74, 6) is 0.00938. The van der Waals surface area contributed by atoms with E-state index in [4.69, 9.17) is 27.9 Å². The first-order chi connectivity index (χ1) is 9.03. The Hall–Kier alpha value is -1.13. The highest BCUT2D eigenvalue weighted by molar-refractivity contribution is 6.22. The van der Waals surface area contributed by atoms with Gasteiger partial charge >= 0.3 is 0 Å². The maximum absolute atomic E-state index is 12.2. The van der Waals surface area contributed by atoms with E-state index in [-0.39, 0.29) is 28.8 Å². The molecule has 106 valence electrons. The van der Waals surface area contributed by atoms with Gasteiger partial charge in [-0.1, -0.05) is 13.0 Å². The summed E-state index contributed by atoms with van der Waals surface area (Å²) in [4.78, 5) is 12.2. The number of ether oxygens (including phenoxy) is 1. The quantitative estimate of drug-likeness (QED) is 0.795.